The van der Waals surface area contributed by atoms with Crippen molar-refractivity contribution in [2.75, 3.05) is 0 Å². The molecule has 0 spiro atoms. The van der Waals surface area contributed by atoms with E-state index in [4.69, 9.17) is 0 Å². The third kappa shape index (κ3) is 11.1. The van der Waals surface area contributed by atoms with E-state index in [9.17, 15) is 0 Å². The van der Waals surface area contributed by atoms with E-state index in [1.165, 1.54) is 327 Å². The number of benzene rings is 29. The smallest absolute Gasteiger partial charge is 0.0626 e. The molecule has 29 aromatic carbocycles. The summed E-state index contributed by atoms with van der Waals surface area (Å²) in [4.78, 5) is 0. The van der Waals surface area contributed by atoms with Gasteiger partial charge in [0.25, 0.3) is 0 Å². The van der Waals surface area contributed by atoms with Crippen molar-refractivity contribution >= 4 is 227 Å². The van der Waals surface area contributed by atoms with Crippen LogP contribution >= 0.6 is 0 Å². The Labute approximate surface area is 844 Å². The first-order valence-corrected chi connectivity index (χ1v) is 51.3. The topological polar surface area (TPSA) is 14.8 Å². The van der Waals surface area contributed by atoms with Crippen LogP contribution in [0.1, 0.15) is 0 Å². The molecule has 0 bridgehead atoms. The van der Waals surface area contributed by atoms with E-state index in [0.717, 1.165) is 5.69 Å². The standard InChI is InChI=1S/2C50H29N.C44H25N/c1-3-18-38-34(16-1)35-17-2-4-19-39(35)48-47(38)40-20-5-6-21-42(40)50-49(48)43-22-7-8-25-45(43)51(50)33-15-9-14-31(28-33)32-26-27-36-37-23-10-12-30-13-11-24-41(46(30)37)44(36)29-32;1-3-15-38-34(13-1)35-14-2-4-16-39(35)48-47(38)40-17-5-6-18-42(40)50-49(48)43-19-7-8-22-45(43)51(50)33-26-23-30(24-27-33)32-25-28-36-37-20-9-11-31-12-10-21-41(46(31)37)44(36)29-32;1-2-15-29-26(12-1)30-21-11-22-36-39(25-24-34(29)40(30)36)45-38-23-10-9-20-37(38)43-42-32-17-6-4-14-28(32)27-13-3-5-16-31(27)41(42)33-18-7-8-19-35(33)44(43)45/h2*1-29H;1-25H. The first kappa shape index (κ1) is 80.4. The van der Waals surface area contributed by atoms with Crippen molar-refractivity contribution in [3.05, 3.63) is 504 Å². The summed E-state index contributed by atoms with van der Waals surface area (Å²) < 4.78 is 7.58. The van der Waals surface area contributed by atoms with Crippen LogP contribution in [-0.4, -0.2) is 13.7 Å². The summed E-state index contributed by atoms with van der Waals surface area (Å²) in [6, 6.07) is 187. The molecule has 32 aromatic rings. The molecular weight excluding hydrogens is 1770 g/mol. The van der Waals surface area contributed by atoms with E-state index in [-0.39, 0.29) is 0 Å². The van der Waals surface area contributed by atoms with Crippen molar-refractivity contribution in [2.45, 2.75) is 0 Å². The second-order valence-corrected chi connectivity index (χ2v) is 40.3. The lowest BCUT2D eigenvalue weighted by Crippen LogP contribution is -1.97. The minimum absolute atomic E-state index is 1.16. The fourth-order valence-electron chi connectivity index (χ4n) is 27.4. The van der Waals surface area contributed by atoms with Crippen LogP contribution in [-0.2, 0) is 0 Å². The normalized spacial score (nSPS) is 12.4. The number of hydrogen-bond donors (Lipinski definition) is 0. The molecule has 3 aliphatic rings. The lowest BCUT2D eigenvalue weighted by atomic mass is 9.88. The van der Waals surface area contributed by atoms with E-state index in [1.54, 1.807) is 0 Å². The highest BCUT2D eigenvalue weighted by Crippen LogP contribution is 2.58. The highest BCUT2D eigenvalue weighted by atomic mass is 15.0. The zero-order chi connectivity index (χ0) is 95.6. The number of nitrogens with zero attached hydrogens (tertiary/aromatic N) is 3. The maximum absolute atomic E-state index is 2.56. The Hall–Kier alpha value is -19.3. The predicted molar refractivity (Wildman–Crippen MR) is 629 cm³/mol. The van der Waals surface area contributed by atoms with Gasteiger partial charge in [0, 0.05) is 81.4 Å². The highest BCUT2D eigenvalue weighted by molar-refractivity contribution is 6.47. The molecule has 0 aliphatic heterocycles. The Morgan fingerprint density at radius 2 is 0.361 bits per heavy atom. The van der Waals surface area contributed by atoms with E-state index in [1.807, 2.05) is 0 Å². The molecule has 0 atom stereocenters. The van der Waals surface area contributed by atoms with Gasteiger partial charge in [0.2, 0.25) is 0 Å². The van der Waals surface area contributed by atoms with Crippen molar-refractivity contribution in [2.24, 2.45) is 0 Å². The molecule has 3 aliphatic carbocycles. The van der Waals surface area contributed by atoms with Crippen LogP contribution < -0.4 is 0 Å². The zero-order valence-corrected chi connectivity index (χ0v) is 79.8. The van der Waals surface area contributed by atoms with E-state index in [2.05, 4.69) is 517 Å². The molecule has 35 rings (SSSR count). The summed E-state index contributed by atoms with van der Waals surface area (Å²) in [7, 11) is 0. The van der Waals surface area contributed by atoms with E-state index < -0.39 is 0 Å². The van der Waals surface area contributed by atoms with Gasteiger partial charge in [-0.3, -0.25) is 0 Å². The molecule has 3 heteroatoms. The summed E-state index contributed by atoms with van der Waals surface area (Å²) in [6.07, 6.45) is 0. The van der Waals surface area contributed by atoms with Crippen LogP contribution in [0.5, 0.6) is 0 Å². The molecule has 0 amide bonds. The molecule has 3 aromatic heterocycles. The third-order valence-electron chi connectivity index (χ3n) is 33.2. The Morgan fingerprint density at radius 3 is 0.762 bits per heavy atom. The lowest BCUT2D eigenvalue weighted by molar-refractivity contribution is 1.19. The maximum Gasteiger partial charge on any atom is 0.0626 e. The number of hydrogen-bond acceptors (Lipinski definition) is 0. The molecule has 0 unspecified atom stereocenters. The van der Waals surface area contributed by atoms with Crippen LogP contribution in [0.15, 0.2) is 504 Å². The molecule has 674 valence electrons. The molecular formula is C144H83N3. The van der Waals surface area contributed by atoms with Crippen molar-refractivity contribution in [3.8, 4) is 106 Å². The van der Waals surface area contributed by atoms with Crippen LogP contribution in [0.25, 0.3) is 333 Å². The van der Waals surface area contributed by atoms with Crippen LogP contribution in [0.2, 0.25) is 0 Å². The molecule has 147 heavy (non-hydrogen) atoms. The molecule has 0 radical (unpaired) electrons. The number of para-hydroxylation sites is 3. The van der Waals surface area contributed by atoms with E-state index in [0.29, 0.717) is 0 Å². The second kappa shape index (κ2) is 30.6. The van der Waals surface area contributed by atoms with Crippen molar-refractivity contribution < 1.29 is 0 Å². The summed E-state index contributed by atoms with van der Waals surface area (Å²) in [6.45, 7) is 0. The summed E-state index contributed by atoms with van der Waals surface area (Å²) in [5.74, 6) is 0. The predicted octanol–water partition coefficient (Wildman–Crippen LogP) is 39.9. The van der Waals surface area contributed by atoms with Gasteiger partial charge in [-0.2, -0.15) is 0 Å². The van der Waals surface area contributed by atoms with Crippen molar-refractivity contribution in [1.82, 2.24) is 13.7 Å². The number of fused-ring (bicyclic) bond motifs is 48. The largest absolute Gasteiger partial charge is 0.309 e. The molecule has 0 saturated carbocycles. The lowest BCUT2D eigenvalue weighted by Gasteiger charge is -2.17. The SMILES string of the molecule is c1cc(-c2ccc3c(c2)-c2cccc4cccc-3c24)cc(-n2c3ccccc3c3c4c5ccccc5c5ccccc5c4c4ccccc4c32)c1.c1cc2c3c(cccc3c1)-c1cc(-c3ccc(-n4c5ccccc5c5c6c7ccccc7c7ccccc7c6c6ccccc6c54)cc3)ccc1-2.c1ccc2c(c1)-c1cccc3c(-n4c5ccccc5c5c6c7ccccc7c7ccccc7c6c6ccccc6c54)ccc-2c13. The average Bonchev–Trinajstić information content (AvgIpc) is 1.57. The summed E-state index contributed by atoms with van der Waals surface area (Å²) in [5, 5.41) is 47.1. The highest BCUT2D eigenvalue weighted by Gasteiger charge is 2.32. The van der Waals surface area contributed by atoms with Gasteiger partial charge in [-0.15, -0.1) is 0 Å². The summed E-state index contributed by atoms with van der Waals surface area (Å²) in [5.41, 5.74) is 31.9. The second-order valence-electron chi connectivity index (χ2n) is 40.3. The molecule has 0 N–H and O–H groups in total. The van der Waals surface area contributed by atoms with Gasteiger partial charge in [-0.25, -0.2) is 0 Å². The first-order valence-electron chi connectivity index (χ1n) is 51.3. The number of aromatic nitrogens is 3. The monoisotopic (exact) mass is 1850 g/mol. The van der Waals surface area contributed by atoms with Gasteiger partial charge in [-0.1, -0.05) is 443 Å². The summed E-state index contributed by atoms with van der Waals surface area (Å²) >= 11 is 0. The molecule has 0 fully saturated rings. The molecule has 0 saturated heterocycles. The maximum atomic E-state index is 2.56. The minimum atomic E-state index is 1.16. The Morgan fingerprint density at radius 1 is 0.109 bits per heavy atom. The van der Waals surface area contributed by atoms with Gasteiger partial charge >= 0.3 is 0 Å². The third-order valence-corrected chi connectivity index (χ3v) is 33.2. The van der Waals surface area contributed by atoms with Crippen molar-refractivity contribution in [1.29, 1.82) is 0 Å². The average molecular weight is 1860 g/mol. The van der Waals surface area contributed by atoms with Crippen molar-refractivity contribution in [3.63, 3.8) is 0 Å². The van der Waals surface area contributed by atoms with Crippen LogP contribution in [0, 0.1) is 0 Å². The van der Waals surface area contributed by atoms with Gasteiger partial charge in [0.05, 0.1) is 38.8 Å². The first-order chi connectivity index (χ1) is 73.0. The van der Waals surface area contributed by atoms with Crippen LogP contribution in [0.3, 0.4) is 0 Å². The van der Waals surface area contributed by atoms with E-state index >= 15 is 0 Å². The Kier molecular flexibility index (Phi) is 16.7. The van der Waals surface area contributed by atoms with Gasteiger partial charge in [0.1, 0.15) is 0 Å². The van der Waals surface area contributed by atoms with Gasteiger partial charge in [0.15, 0.2) is 0 Å². The quantitative estimate of drug-likeness (QED) is 0.153. The zero-order valence-electron chi connectivity index (χ0n) is 79.8. The minimum Gasteiger partial charge on any atom is -0.309 e. The fourth-order valence-corrected chi connectivity index (χ4v) is 27.4. The fraction of sp³-hybridized carbons (Fsp3) is 0. The molecule has 3 heterocycles. The number of rotatable bonds is 5. The molecule has 3 nitrogen and oxygen atoms in total. The Bertz CT molecular complexity index is 11500. The van der Waals surface area contributed by atoms with Gasteiger partial charge in [-0.05, 0) is 274 Å². The Balaban J connectivity index is 0.0000000964. The van der Waals surface area contributed by atoms with Gasteiger partial charge < -0.3 is 13.7 Å². The van der Waals surface area contributed by atoms with Crippen LogP contribution in [0.4, 0.5) is 0 Å².